The molecule has 1 saturated heterocycles. The average molecular weight is 523 g/mol. The van der Waals surface area contributed by atoms with Gasteiger partial charge in [-0.25, -0.2) is 18.6 Å². The van der Waals surface area contributed by atoms with Crippen LogP contribution in [0.15, 0.2) is 59.8 Å². The van der Waals surface area contributed by atoms with E-state index in [0.717, 1.165) is 26.9 Å². The molecular formula is C26H21ClF2N6O2. The number of anilines is 1. The Morgan fingerprint density at radius 3 is 2.57 bits per heavy atom. The zero-order valence-electron chi connectivity index (χ0n) is 20.0. The van der Waals surface area contributed by atoms with Gasteiger partial charge in [-0.15, -0.1) is 0 Å². The van der Waals surface area contributed by atoms with Crippen molar-refractivity contribution in [3.63, 3.8) is 0 Å². The van der Waals surface area contributed by atoms with Crippen molar-refractivity contribution in [3.05, 3.63) is 93.3 Å². The summed E-state index contributed by atoms with van der Waals surface area (Å²) in [6.07, 6.45) is 2.90. The van der Waals surface area contributed by atoms with E-state index in [1.165, 1.54) is 18.5 Å². The molecule has 1 fully saturated rings. The lowest BCUT2D eigenvalue weighted by atomic mass is 9.84. The van der Waals surface area contributed by atoms with Gasteiger partial charge in [0.2, 0.25) is 0 Å². The number of halogens is 3. The predicted octanol–water partition coefficient (Wildman–Crippen LogP) is 4.86. The van der Waals surface area contributed by atoms with Crippen LogP contribution in [0.3, 0.4) is 0 Å². The van der Waals surface area contributed by atoms with Crippen molar-refractivity contribution in [1.82, 2.24) is 19.3 Å². The Bertz CT molecular complexity index is 1580. The molecule has 0 amide bonds. The van der Waals surface area contributed by atoms with Gasteiger partial charge in [-0.1, -0.05) is 17.7 Å². The van der Waals surface area contributed by atoms with E-state index >= 15 is 0 Å². The van der Waals surface area contributed by atoms with E-state index in [-0.39, 0.29) is 22.5 Å². The number of pyridine rings is 1. The molecule has 0 bridgehead atoms. The number of nitriles is 1. The minimum absolute atomic E-state index is 0.228. The highest BCUT2D eigenvalue weighted by molar-refractivity contribution is 6.32. The molecule has 0 atom stereocenters. The van der Waals surface area contributed by atoms with E-state index in [2.05, 4.69) is 16.2 Å². The van der Waals surface area contributed by atoms with Gasteiger partial charge in [-0.3, -0.25) is 4.57 Å². The van der Waals surface area contributed by atoms with Crippen LogP contribution in [0, 0.1) is 35.3 Å². The highest BCUT2D eigenvalue weighted by atomic mass is 35.5. The van der Waals surface area contributed by atoms with Gasteiger partial charge in [0.1, 0.15) is 35.3 Å². The number of ether oxygens (including phenoxy) is 1. The first-order chi connectivity index (χ1) is 17.7. The molecule has 0 saturated carbocycles. The maximum atomic E-state index is 14.0. The van der Waals surface area contributed by atoms with E-state index < -0.39 is 17.3 Å². The first-order valence-corrected chi connectivity index (χ1v) is 11.7. The average Bonchev–Trinajstić information content (AvgIpc) is 3.22. The fraction of sp³-hybridized carbons (Fsp3) is 0.231. The van der Waals surface area contributed by atoms with E-state index in [9.17, 15) is 18.8 Å². The van der Waals surface area contributed by atoms with Gasteiger partial charge in [0.05, 0.1) is 28.7 Å². The van der Waals surface area contributed by atoms with Crippen molar-refractivity contribution < 1.29 is 13.5 Å². The van der Waals surface area contributed by atoms with Crippen molar-refractivity contribution in [3.8, 4) is 23.3 Å². The molecule has 0 radical (unpaired) electrons. The Kier molecular flexibility index (Phi) is 6.17. The molecule has 0 aliphatic carbocycles. The number of aryl methyl sites for hydroxylation is 1. The third-order valence-corrected chi connectivity index (χ3v) is 6.51. The van der Waals surface area contributed by atoms with Crippen LogP contribution in [0.1, 0.15) is 18.1 Å². The standard InChI is InChI=1S/C26H21ClF2N6O2/c1-16-10-31-24(34-13-26(2,12-30)14-34)9-23(16)37-22-7-6-17(8-19(22)27)35-25(36)33(15-32-35)11-18-20(28)4-3-5-21(18)29/h3-10,15H,11,13-14H2,1-2H3. The predicted molar refractivity (Wildman–Crippen MR) is 133 cm³/mol. The lowest BCUT2D eigenvalue weighted by Gasteiger charge is -2.44. The van der Waals surface area contributed by atoms with Crippen LogP contribution in [0.2, 0.25) is 5.02 Å². The van der Waals surface area contributed by atoms with E-state index in [4.69, 9.17) is 16.3 Å². The van der Waals surface area contributed by atoms with Crippen molar-refractivity contribution in [2.24, 2.45) is 5.41 Å². The molecule has 188 valence electrons. The van der Waals surface area contributed by atoms with Gasteiger partial charge in [0.25, 0.3) is 0 Å². The molecule has 4 aromatic rings. The third-order valence-electron chi connectivity index (χ3n) is 6.22. The summed E-state index contributed by atoms with van der Waals surface area (Å²) in [4.78, 5) is 19.3. The van der Waals surface area contributed by atoms with Crippen LogP contribution >= 0.6 is 11.6 Å². The molecule has 2 aromatic carbocycles. The number of nitrogens with zero attached hydrogens (tertiary/aromatic N) is 6. The molecule has 1 aliphatic rings. The summed E-state index contributed by atoms with van der Waals surface area (Å²) >= 11 is 6.47. The SMILES string of the molecule is Cc1cnc(N2CC(C)(C#N)C2)cc1Oc1ccc(-n2ncn(Cc3c(F)cccc3F)c2=O)cc1Cl. The number of rotatable bonds is 6. The Hall–Kier alpha value is -4.23. The zero-order valence-corrected chi connectivity index (χ0v) is 20.7. The second-order valence-corrected chi connectivity index (χ2v) is 9.61. The zero-order chi connectivity index (χ0) is 26.3. The van der Waals surface area contributed by atoms with Gasteiger partial charge in [0, 0.05) is 36.5 Å². The smallest absolute Gasteiger partial charge is 0.350 e. The van der Waals surface area contributed by atoms with Crippen LogP contribution in [0.25, 0.3) is 5.69 Å². The maximum absolute atomic E-state index is 14.0. The summed E-state index contributed by atoms with van der Waals surface area (Å²) in [7, 11) is 0. The first-order valence-electron chi connectivity index (χ1n) is 11.4. The van der Waals surface area contributed by atoms with Gasteiger partial charge < -0.3 is 9.64 Å². The molecule has 37 heavy (non-hydrogen) atoms. The van der Waals surface area contributed by atoms with Crippen molar-refractivity contribution in [1.29, 1.82) is 5.26 Å². The summed E-state index contributed by atoms with van der Waals surface area (Å²) in [5.41, 5.74) is -0.0443. The second-order valence-electron chi connectivity index (χ2n) is 9.21. The Morgan fingerprint density at radius 2 is 1.89 bits per heavy atom. The fourth-order valence-electron chi connectivity index (χ4n) is 4.10. The van der Waals surface area contributed by atoms with Crippen molar-refractivity contribution in [2.45, 2.75) is 20.4 Å². The van der Waals surface area contributed by atoms with E-state index in [0.29, 0.717) is 36.1 Å². The molecule has 11 heteroatoms. The first kappa shape index (κ1) is 24.5. The largest absolute Gasteiger partial charge is 0.455 e. The van der Waals surface area contributed by atoms with Gasteiger partial charge in [0.15, 0.2) is 0 Å². The monoisotopic (exact) mass is 522 g/mol. The lowest BCUT2D eigenvalue weighted by molar-refractivity contribution is 0.334. The Balaban J connectivity index is 1.36. The molecule has 8 nitrogen and oxygen atoms in total. The van der Waals surface area contributed by atoms with Gasteiger partial charge >= 0.3 is 5.69 Å². The van der Waals surface area contributed by atoms with Crippen LogP contribution in [0.5, 0.6) is 11.5 Å². The van der Waals surface area contributed by atoms with Crippen LogP contribution in [0.4, 0.5) is 14.6 Å². The topological polar surface area (TPSA) is 89.0 Å². The fourth-order valence-corrected chi connectivity index (χ4v) is 4.32. The maximum Gasteiger partial charge on any atom is 0.350 e. The van der Waals surface area contributed by atoms with Crippen LogP contribution < -0.4 is 15.3 Å². The summed E-state index contributed by atoms with van der Waals surface area (Å²) in [5.74, 6) is 0.124. The number of hydrogen-bond donors (Lipinski definition) is 0. The van der Waals surface area contributed by atoms with Gasteiger partial charge in [-0.05, 0) is 44.2 Å². The highest BCUT2D eigenvalue weighted by Gasteiger charge is 2.39. The summed E-state index contributed by atoms with van der Waals surface area (Å²) < 4.78 is 36.3. The normalized spacial score (nSPS) is 14.2. The van der Waals surface area contributed by atoms with E-state index in [1.54, 1.807) is 24.4 Å². The molecular weight excluding hydrogens is 502 g/mol. The summed E-state index contributed by atoms with van der Waals surface area (Å²) in [6.45, 7) is 4.62. The summed E-state index contributed by atoms with van der Waals surface area (Å²) in [5, 5.41) is 13.5. The quantitative estimate of drug-likeness (QED) is 0.359. The van der Waals surface area contributed by atoms with Crippen molar-refractivity contribution in [2.75, 3.05) is 18.0 Å². The van der Waals surface area contributed by atoms with Crippen LogP contribution in [-0.4, -0.2) is 32.4 Å². The third kappa shape index (κ3) is 4.66. The molecule has 2 aromatic heterocycles. The molecule has 3 heterocycles. The Morgan fingerprint density at radius 1 is 1.16 bits per heavy atom. The second kappa shape index (κ2) is 9.33. The number of aromatic nitrogens is 4. The minimum atomic E-state index is -0.744. The molecule has 0 unspecified atom stereocenters. The van der Waals surface area contributed by atoms with Crippen molar-refractivity contribution >= 4 is 17.4 Å². The minimum Gasteiger partial charge on any atom is -0.455 e. The number of hydrogen-bond acceptors (Lipinski definition) is 6. The van der Waals surface area contributed by atoms with E-state index in [1.807, 2.05) is 18.7 Å². The van der Waals surface area contributed by atoms with Crippen LogP contribution in [-0.2, 0) is 6.54 Å². The highest BCUT2D eigenvalue weighted by Crippen LogP contribution is 2.37. The van der Waals surface area contributed by atoms with Gasteiger partial charge in [-0.2, -0.15) is 15.0 Å². The molecule has 0 spiro atoms. The number of benzene rings is 2. The lowest BCUT2D eigenvalue weighted by Crippen LogP contribution is -2.54. The molecule has 1 aliphatic heterocycles. The molecule has 5 rings (SSSR count). The molecule has 0 N–H and O–H groups in total. The Labute approximate surface area is 215 Å². The summed E-state index contributed by atoms with van der Waals surface area (Å²) in [6, 6.07) is 12.4.